The van der Waals surface area contributed by atoms with Crippen molar-refractivity contribution in [3.8, 4) is 5.75 Å². The van der Waals surface area contributed by atoms with Crippen LogP contribution in [0, 0.1) is 5.92 Å². The van der Waals surface area contributed by atoms with Crippen LogP contribution in [0.3, 0.4) is 0 Å². The number of hydrogen-bond donors (Lipinski definition) is 1. The van der Waals surface area contributed by atoms with Crippen LogP contribution in [0.5, 0.6) is 5.75 Å². The van der Waals surface area contributed by atoms with Crippen molar-refractivity contribution in [1.82, 2.24) is 10.2 Å². The van der Waals surface area contributed by atoms with Gasteiger partial charge in [0.2, 0.25) is 0 Å². The van der Waals surface area contributed by atoms with Gasteiger partial charge >= 0.3 is 0 Å². The summed E-state index contributed by atoms with van der Waals surface area (Å²) in [7, 11) is 2.02. The van der Waals surface area contributed by atoms with Gasteiger partial charge in [-0.25, -0.2) is 0 Å². The highest BCUT2D eigenvalue weighted by Gasteiger charge is 2.18. The highest BCUT2D eigenvalue weighted by molar-refractivity contribution is 5.96. The molecule has 0 aliphatic carbocycles. The number of carbonyl (C=O) groups is 1. The van der Waals surface area contributed by atoms with Gasteiger partial charge in [0, 0.05) is 6.54 Å². The zero-order chi connectivity index (χ0) is 15.8. The van der Waals surface area contributed by atoms with Crippen molar-refractivity contribution in [1.29, 1.82) is 0 Å². The van der Waals surface area contributed by atoms with Crippen molar-refractivity contribution in [2.45, 2.75) is 26.2 Å². The van der Waals surface area contributed by atoms with Crippen molar-refractivity contribution in [2.24, 2.45) is 5.92 Å². The largest absolute Gasteiger partial charge is 0.491 e. The highest BCUT2D eigenvalue weighted by atomic mass is 35.5. The normalized spacial score (nSPS) is 15.9. The van der Waals surface area contributed by atoms with E-state index >= 15 is 0 Å². The minimum absolute atomic E-state index is 0. The van der Waals surface area contributed by atoms with Crippen LogP contribution >= 0.6 is 12.4 Å². The summed E-state index contributed by atoms with van der Waals surface area (Å²) < 4.78 is 5.82. The molecule has 1 fully saturated rings. The Labute approximate surface area is 146 Å². The van der Waals surface area contributed by atoms with Crippen LogP contribution in [0.25, 0.3) is 0 Å². The lowest BCUT2D eigenvalue weighted by Gasteiger charge is -2.31. The molecule has 4 nitrogen and oxygen atoms in total. The minimum atomic E-state index is 0. The molecule has 0 amide bonds. The Morgan fingerprint density at radius 3 is 2.65 bits per heavy atom. The molecular formula is C18H29ClN2O2. The minimum Gasteiger partial charge on any atom is -0.491 e. The summed E-state index contributed by atoms with van der Waals surface area (Å²) in [6.07, 6.45) is 3.85. The number of benzene rings is 1. The lowest BCUT2D eigenvalue weighted by molar-refractivity contribution is 0.101. The van der Waals surface area contributed by atoms with Crippen LogP contribution in [0.1, 0.15) is 36.5 Å². The molecule has 1 aromatic rings. The van der Waals surface area contributed by atoms with Gasteiger partial charge in [-0.2, -0.15) is 0 Å². The maximum Gasteiger partial charge on any atom is 0.163 e. The number of likely N-dealkylation sites (tertiary alicyclic amines) is 1. The van der Waals surface area contributed by atoms with Crippen LogP contribution in [-0.2, 0) is 0 Å². The quantitative estimate of drug-likeness (QED) is 0.739. The number of ether oxygens (including phenoxy) is 1. The summed E-state index contributed by atoms with van der Waals surface area (Å²) in [6.45, 7) is 6.60. The molecular weight excluding hydrogens is 312 g/mol. The van der Waals surface area contributed by atoms with E-state index in [9.17, 15) is 4.79 Å². The summed E-state index contributed by atoms with van der Waals surface area (Å²) in [5, 5.41) is 3.23. The van der Waals surface area contributed by atoms with E-state index in [1.165, 1.54) is 19.3 Å². The smallest absolute Gasteiger partial charge is 0.163 e. The van der Waals surface area contributed by atoms with E-state index in [4.69, 9.17) is 4.74 Å². The number of halogens is 1. The Hall–Kier alpha value is -1.10. The molecule has 23 heavy (non-hydrogen) atoms. The van der Waals surface area contributed by atoms with Gasteiger partial charge in [0.1, 0.15) is 12.4 Å². The Bertz CT molecular complexity index is 474. The third kappa shape index (κ3) is 6.50. The molecule has 1 aliphatic heterocycles. The van der Waals surface area contributed by atoms with Gasteiger partial charge in [-0.15, -0.1) is 12.4 Å². The molecule has 1 heterocycles. The molecule has 0 atom stereocenters. The van der Waals surface area contributed by atoms with E-state index in [0.717, 1.165) is 32.1 Å². The maximum absolute atomic E-state index is 11.6. The second-order valence-electron chi connectivity index (χ2n) is 6.08. The SMILES string of the molecule is CNCCC1CCN(CCOc2ccccc2C(C)=O)CC1.Cl. The number of nitrogens with zero attached hydrogens (tertiary/aromatic N) is 1. The average molecular weight is 341 g/mol. The Kier molecular flexibility index (Phi) is 9.22. The van der Waals surface area contributed by atoms with E-state index in [1.807, 2.05) is 31.3 Å². The van der Waals surface area contributed by atoms with Crippen molar-refractivity contribution in [2.75, 3.05) is 39.8 Å². The molecule has 1 saturated heterocycles. The molecule has 0 unspecified atom stereocenters. The van der Waals surface area contributed by atoms with E-state index in [0.29, 0.717) is 17.9 Å². The van der Waals surface area contributed by atoms with Gasteiger partial charge in [0.25, 0.3) is 0 Å². The summed E-state index contributed by atoms with van der Waals surface area (Å²) in [6, 6.07) is 7.49. The van der Waals surface area contributed by atoms with Crippen LogP contribution < -0.4 is 10.1 Å². The fourth-order valence-electron chi connectivity index (χ4n) is 3.02. The van der Waals surface area contributed by atoms with Gasteiger partial charge in [0.15, 0.2) is 5.78 Å². The van der Waals surface area contributed by atoms with E-state index in [-0.39, 0.29) is 18.2 Å². The number of ketones is 1. The van der Waals surface area contributed by atoms with Crippen molar-refractivity contribution in [3.63, 3.8) is 0 Å². The molecule has 0 aromatic heterocycles. The van der Waals surface area contributed by atoms with Gasteiger partial charge in [-0.05, 0) is 70.9 Å². The van der Waals surface area contributed by atoms with E-state index in [2.05, 4.69) is 10.2 Å². The molecule has 0 radical (unpaired) electrons. The van der Waals surface area contributed by atoms with Gasteiger partial charge in [-0.1, -0.05) is 12.1 Å². The predicted octanol–water partition coefficient (Wildman–Crippen LogP) is 3.01. The average Bonchev–Trinajstić information content (AvgIpc) is 2.54. The van der Waals surface area contributed by atoms with E-state index < -0.39 is 0 Å². The van der Waals surface area contributed by atoms with Crippen LogP contribution in [-0.4, -0.2) is 50.5 Å². The third-order valence-electron chi connectivity index (χ3n) is 4.44. The van der Waals surface area contributed by atoms with E-state index in [1.54, 1.807) is 6.92 Å². The number of rotatable bonds is 8. The first kappa shape index (κ1) is 19.9. The van der Waals surface area contributed by atoms with Gasteiger partial charge in [-0.3, -0.25) is 9.69 Å². The van der Waals surface area contributed by atoms with Crippen LogP contribution in [0.15, 0.2) is 24.3 Å². The second-order valence-corrected chi connectivity index (χ2v) is 6.08. The first-order chi connectivity index (χ1) is 10.7. The number of carbonyl (C=O) groups excluding carboxylic acids is 1. The second kappa shape index (κ2) is 10.6. The number of para-hydroxylation sites is 1. The molecule has 0 bridgehead atoms. The van der Waals surface area contributed by atoms with Crippen LogP contribution in [0.4, 0.5) is 0 Å². The number of nitrogens with one attached hydrogen (secondary N) is 1. The summed E-state index contributed by atoms with van der Waals surface area (Å²) in [5.74, 6) is 1.63. The number of Topliss-reactive ketones (excluding diaryl/α,β-unsaturated/α-hetero) is 1. The fourth-order valence-corrected chi connectivity index (χ4v) is 3.02. The molecule has 1 N–H and O–H groups in total. The maximum atomic E-state index is 11.6. The molecule has 0 saturated carbocycles. The van der Waals surface area contributed by atoms with Crippen molar-refractivity contribution < 1.29 is 9.53 Å². The Balaban J connectivity index is 0.00000264. The van der Waals surface area contributed by atoms with Gasteiger partial charge < -0.3 is 10.1 Å². The van der Waals surface area contributed by atoms with Gasteiger partial charge in [0.05, 0.1) is 5.56 Å². The first-order valence-electron chi connectivity index (χ1n) is 8.30. The monoisotopic (exact) mass is 340 g/mol. The molecule has 5 heteroatoms. The standard InChI is InChI=1S/C18H28N2O2.ClH/c1-15(21)17-5-3-4-6-18(17)22-14-13-20-11-8-16(9-12-20)7-10-19-2;/h3-6,16,19H,7-14H2,1-2H3;1H. The number of piperidine rings is 1. The molecule has 130 valence electrons. The third-order valence-corrected chi connectivity index (χ3v) is 4.44. The molecule has 2 rings (SSSR count). The molecule has 1 aliphatic rings. The highest BCUT2D eigenvalue weighted by Crippen LogP contribution is 2.21. The molecule has 0 spiro atoms. The van der Waals surface area contributed by atoms with Crippen LogP contribution in [0.2, 0.25) is 0 Å². The zero-order valence-corrected chi connectivity index (χ0v) is 15.0. The number of hydrogen-bond acceptors (Lipinski definition) is 4. The lowest BCUT2D eigenvalue weighted by atomic mass is 9.93. The summed E-state index contributed by atoms with van der Waals surface area (Å²) >= 11 is 0. The Morgan fingerprint density at radius 2 is 2.00 bits per heavy atom. The van der Waals surface area contributed by atoms with Crippen molar-refractivity contribution in [3.05, 3.63) is 29.8 Å². The molecule has 1 aromatic carbocycles. The lowest BCUT2D eigenvalue weighted by Crippen LogP contribution is -2.37. The topological polar surface area (TPSA) is 41.6 Å². The first-order valence-corrected chi connectivity index (χ1v) is 8.30. The zero-order valence-electron chi connectivity index (χ0n) is 14.2. The Morgan fingerprint density at radius 1 is 1.30 bits per heavy atom. The van der Waals surface area contributed by atoms with Crippen molar-refractivity contribution >= 4 is 18.2 Å². The summed E-state index contributed by atoms with van der Waals surface area (Å²) in [4.78, 5) is 14.0. The summed E-state index contributed by atoms with van der Waals surface area (Å²) in [5.41, 5.74) is 0.674. The fraction of sp³-hybridized carbons (Fsp3) is 0.611. The predicted molar refractivity (Wildman–Crippen MR) is 96.9 cm³/mol.